The molecule has 2 heterocycles. The van der Waals surface area contributed by atoms with Crippen LogP contribution in [0.15, 0.2) is 38.3 Å². The molecule has 0 aliphatic heterocycles. The van der Waals surface area contributed by atoms with Gasteiger partial charge in [-0.25, -0.2) is 0 Å². The van der Waals surface area contributed by atoms with Crippen molar-refractivity contribution in [3.63, 3.8) is 0 Å². The fraction of sp³-hybridized carbons (Fsp3) is 0.385. The van der Waals surface area contributed by atoms with Gasteiger partial charge in [0.15, 0.2) is 0 Å². The lowest BCUT2D eigenvalue weighted by Crippen LogP contribution is -2.21. The summed E-state index contributed by atoms with van der Waals surface area (Å²) in [5.74, 6) is 0. The summed E-state index contributed by atoms with van der Waals surface area (Å²) < 4.78 is 4.98. The molecule has 0 saturated carbocycles. The molecule has 1 atom stereocenters. The Morgan fingerprint density at radius 3 is 2.84 bits per heavy atom. The van der Waals surface area contributed by atoms with Crippen LogP contribution in [0, 0.1) is 0 Å². The minimum absolute atomic E-state index is 0.0544. The number of nitrogens with zero attached hydrogens (tertiary/aromatic N) is 3. The molecular formula is C13H15Br2N3O. The maximum absolute atomic E-state index is 12.0. The highest BCUT2D eigenvalue weighted by atomic mass is 79.9. The Kier molecular flexibility index (Phi) is 4.62. The third-order valence-electron chi connectivity index (χ3n) is 3.05. The molecule has 0 bridgehead atoms. The largest absolute Gasteiger partial charge is 0.307 e. The Morgan fingerprint density at radius 1 is 1.42 bits per heavy atom. The van der Waals surface area contributed by atoms with E-state index >= 15 is 0 Å². The molecule has 0 aliphatic rings. The first-order valence-corrected chi connectivity index (χ1v) is 7.69. The van der Waals surface area contributed by atoms with Crippen LogP contribution >= 0.6 is 31.9 Å². The lowest BCUT2D eigenvalue weighted by atomic mass is 10.3. The quantitative estimate of drug-likeness (QED) is 0.802. The first-order valence-electron chi connectivity index (χ1n) is 6.10. The lowest BCUT2D eigenvalue weighted by molar-refractivity contribution is 0.472. The van der Waals surface area contributed by atoms with Gasteiger partial charge in [-0.1, -0.05) is 6.92 Å². The molecule has 0 fully saturated rings. The second-order valence-corrected chi connectivity index (χ2v) is 6.25. The Hall–Kier alpha value is -0.880. The summed E-state index contributed by atoms with van der Waals surface area (Å²) in [6.45, 7) is 4.72. The molecule has 1 unspecified atom stereocenters. The third-order valence-corrected chi connectivity index (χ3v) is 4.05. The monoisotopic (exact) mass is 387 g/mol. The van der Waals surface area contributed by atoms with Crippen LogP contribution in [0.3, 0.4) is 0 Å². The highest BCUT2D eigenvalue weighted by Crippen LogP contribution is 2.14. The molecule has 0 saturated heterocycles. The molecule has 19 heavy (non-hydrogen) atoms. The van der Waals surface area contributed by atoms with Crippen LogP contribution in [-0.4, -0.2) is 14.3 Å². The molecule has 2 aromatic rings. The van der Waals surface area contributed by atoms with Gasteiger partial charge in [0.2, 0.25) is 0 Å². The molecular weight excluding hydrogens is 374 g/mol. The van der Waals surface area contributed by atoms with Gasteiger partial charge in [-0.2, -0.15) is 5.10 Å². The van der Waals surface area contributed by atoms with E-state index in [4.69, 9.17) is 0 Å². The van der Waals surface area contributed by atoms with Crippen LogP contribution in [0.4, 0.5) is 0 Å². The lowest BCUT2D eigenvalue weighted by Gasteiger charge is -2.08. The van der Waals surface area contributed by atoms with Crippen molar-refractivity contribution >= 4 is 31.9 Å². The van der Waals surface area contributed by atoms with Crippen LogP contribution in [0.1, 0.15) is 32.0 Å². The van der Waals surface area contributed by atoms with Gasteiger partial charge >= 0.3 is 0 Å². The summed E-state index contributed by atoms with van der Waals surface area (Å²) in [5, 5.41) is 4.50. The molecule has 0 spiro atoms. The number of aromatic nitrogens is 3. The minimum atomic E-state index is -0.0544. The van der Waals surface area contributed by atoms with Gasteiger partial charge in [0, 0.05) is 22.9 Å². The Morgan fingerprint density at radius 2 is 2.16 bits per heavy atom. The zero-order chi connectivity index (χ0) is 14.0. The average molecular weight is 389 g/mol. The van der Waals surface area contributed by atoms with Gasteiger partial charge in [0.25, 0.3) is 5.56 Å². The second-order valence-electron chi connectivity index (χ2n) is 4.48. The van der Waals surface area contributed by atoms with E-state index in [2.05, 4.69) is 50.8 Å². The van der Waals surface area contributed by atoms with Crippen molar-refractivity contribution in [2.24, 2.45) is 0 Å². The fourth-order valence-electron chi connectivity index (χ4n) is 1.75. The van der Waals surface area contributed by atoms with Gasteiger partial charge in [0.05, 0.1) is 16.7 Å². The summed E-state index contributed by atoms with van der Waals surface area (Å²) in [7, 11) is 0. The number of rotatable bonds is 4. The predicted octanol–water partition coefficient (Wildman–Crippen LogP) is 3.59. The minimum Gasteiger partial charge on any atom is -0.307 e. The molecule has 0 radical (unpaired) electrons. The highest BCUT2D eigenvalue weighted by Gasteiger charge is 2.08. The highest BCUT2D eigenvalue weighted by molar-refractivity contribution is 9.11. The number of pyridine rings is 1. The topological polar surface area (TPSA) is 39.8 Å². The van der Waals surface area contributed by atoms with E-state index in [-0.39, 0.29) is 5.56 Å². The van der Waals surface area contributed by atoms with Crippen LogP contribution in [-0.2, 0) is 6.54 Å². The number of halogens is 2. The standard InChI is InChI=1S/C13H15Br2N3O/c1-3-9(2)18-5-4-11(16-18)8-17-7-10(14)6-12(15)13(17)19/h4-7,9H,3,8H2,1-2H3. The van der Waals surface area contributed by atoms with Crippen molar-refractivity contribution in [1.82, 2.24) is 14.3 Å². The van der Waals surface area contributed by atoms with Crippen LogP contribution in [0.2, 0.25) is 0 Å². The van der Waals surface area contributed by atoms with Crippen LogP contribution in [0.5, 0.6) is 0 Å². The second kappa shape index (κ2) is 6.05. The molecule has 4 nitrogen and oxygen atoms in total. The van der Waals surface area contributed by atoms with E-state index in [1.54, 1.807) is 16.8 Å². The molecule has 0 N–H and O–H groups in total. The molecule has 6 heteroatoms. The first kappa shape index (κ1) is 14.5. The van der Waals surface area contributed by atoms with E-state index in [0.717, 1.165) is 16.6 Å². The Labute approximate surface area is 128 Å². The Balaban J connectivity index is 2.27. The van der Waals surface area contributed by atoms with E-state index in [1.807, 2.05) is 16.9 Å². The Bertz CT molecular complexity index is 633. The van der Waals surface area contributed by atoms with Gasteiger partial charge in [-0.3, -0.25) is 9.48 Å². The molecule has 0 aliphatic carbocycles. The molecule has 0 amide bonds. The average Bonchev–Trinajstić information content (AvgIpc) is 2.83. The van der Waals surface area contributed by atoms with Crippen molar-refractivity contribution in [2.75, 3.05) is 0 Å². The van der Waals surface area contributed by atoms with Crippen molar-refractivity contribution in [3.8, 4) is 0 Å². The van der Waals surface area contributed by atoms with E-state index in [1.165, 1.54) is 0 Å². The van der Waals surface area contributed by atoms with E-state index in [0.29, 0.717) is 17.1 Å². The van der Waals surface area contributed by atoms with E-state index < -0.39 is 0 Å². The van der Waals surface area contributed by atoms with Gasteiger partial charge in [-0.15, -0.1) is 0 Å². The molecule has 2 rings (SSSR count). The normalized spacial score (nSPS) is 12.6. The fourth-order valence-corrected chi connectivity index (χ4v) is 3.01. The van der Waals surface area contributed by atoms with Gasteiger partial charge in [0.1, 0.15) is 0 Å². The summed E-state index contributed by atoms with van der Waals surface area (Å²) in [4.78, 5) is 12.0. The molecule has 102 valence electrons. The number of hydrogen-bond acceptors (Lipinski definition) is 2. The molecule has 0 aromatic carbocycles. The predicted molar refractivity (Wildman–Crippen MR) is 82.4 cm³/mol. The smallest absolute Gasteiger partial charge is 0.265 e. The summed E-state index contributed by atoms with van der Waals surface area (Å²) >= 11 is 6.65. The zero-order valence-electron chi connectivity index (χ0n) is 10.8. The van der Waals surface area contributed by atoms with Gasteiger partial charge in [-0.05, 0) is 57.3 Å². The van der Waals surface area contributed by atoms with Crippen molar-refractivity contribution in [3.05, 3.63) is 49.5 Å². The summed E-state index contributed by atoms with van der Waals surface area (Å²) in [6, 6.07) is 4.07. The summed E-state index contributed by atoms with van der Waals surface area (Å²) in [5.41, 5.74) is 0.827. The van der Waals surface area contributed by atoms with Gasteiger partial charge < -0.3 is 4.57 Å². The third kappa shape index (κ3) is 3.36. The van der Waals surface area contributed by atoms with Crippen molar-refractivity contribution < 1.29 is 0 Å². The van der Waals surface area contributed by atoms with Crippen molar-refractivity contribution in [1.29, 1.82) is 0 Å². The first-order chi connectivity index (χ1) is 9.01. The van der Waals surface area contributed by atoms with E-state index in [9.17, 15) is 4.79 Å². The maximum atomic E-state index is 12.0. The van der Waals surface area contributed by atoms with Crippen LogP contribution in [0.25, 0.3) is 0 Å². The number of hydrogen-bond donors (Lipinski definition) is 0. The van der Waals surface area contributed by atoms with Crippen molar-refractivity contribution in [2.45, 2.75) is 32.9 Å². The van der Waals surface area contributed by atoms with Crippen LogP contribution < -0.4 is 5.56 Å². The molecule has 2 aromatic heterocycles. The SMILES string of the molecule is CCC(C)n1ccc(Cn2cc(Br)cc(Br)c2=O)n1. The zero-order valence-corrected chi connectivity index (χ0v) is 14.0. The summed E-state index contributed by atoms with van der Waals surface area (Å²) in [6.07, 6.45) is 4.76. The maximum Gasteiger partial charge on any atom is 0.265 e.